The van der Waals surface area contributed by atoms with E-state index >= 15 is 0 Å². The third-order valence-electron chi connectivity index (χ3n) is 4.82. The van der Waals surface area contributed by atoms with Gasteiger partial charge in [-0.3, -0.25) is 9.78 Å². The van der Waals surface area contributed by atoms with Crippen LogP contribution in [0.15, 0.2) is 67.0 Å². The van der Waals surface area contributed by atoms with Gasteiger partial charge in [-0.25, -0.2) is 4.39 Å². The smallest absolute Gasteiger partial charge is 0.224 e. The van der Waals surface area contributed by atoms with Crippen LogP contribution < -0.4 is 5.32 Å². The lowest BCUT2D eigenvalue weighted by Gasteiger charge is -2.07. The van der Waals surface area contributed by atoms with E-state index in [4.69, 9.17) is 11.6 Å². The first-order valence-electron chi connectivity index (χ1n) is 9.32. The van der Waals surface area contributed by atoms with Crippen LogP contribution in [0.25, 0.3) is 10.9 Å². The van der Waals surface area contributed by atoms with Crippen LogP contribution in [0.3, 0.4) is 0 Å². The molecule has 0 spiro atoms. The highest BCUT2D eigenvalue weighted by Crippen LogP contribution is 2.28. The van der Waals surface area contributed by atoms with Crippen LogP contribution in [0.1, 0.15) is 23.2 Å². The van der Waals surface area contributed by atoms with Crippen LogP contribution in [0.5, 0.6) is 0 Å². The Morgan fingerprint density at radius 3 is 2.59 bits per heavy atom. The maximum absolute atomic E-state index is 13.2. The Morgan fingerprint density at radius 1 is 1.07 bits per heavy atom. The quantitative estimate of drug-likeness (QED) is 0.442. The van der Waals surface area contributed by atoms with E-state index in [9.17, 15) is 9.18 Å². The molecule has 2 N–H and O–H groups in total. The zero-order valence-electron chi connectivity index (χ0n) is 15.6. The van der Waals surface area contributed by atoms with Gasteiger partial charge in [-0.15, -0.1) is 0 Å². The molecule has 1 amide bonds. The molecular formula is C23H19ClFN3O. The summed E-state index contributed by atoms with van der Waals surface area (Å²) in [6.45, 7) is 0. The van der Waals surface area contributed by atoms with Crippen molar-refractivity contribution in [1.29, 1.82) is 0 Å². The van der Waals surface area contributed by atoms with Gasteiger partial charge in [-0.2, -0.15) is 0 Å². The van der Waals surface area contributed by atoms with E-state index < -0.39 is 0 Å². The van der Waals surface area contributed by atoms with Crippen molar-refractivity contribution in [2.45, 2.75) is 19.3 Å². The van der Waals surface area contributed by atoms with E-state index in [0.717, 1.165) is 33.4 Å². The topological polar surface area (TPSA) is 57.8 Å². The standard InChI is InChI=1S/C23H19ClFN3O/c24-16-3-7-21-20(14-16)19(6-8-23(29)27-18-9-11-26-12-10-18)22(28-21)13-15-1-4-17(25)5-2-15/h1-5,7,9-12,14,28H,6,8,13H2,(H,26,27,29). The second-order valence-corrected chi connectivity index (χ2v) is 7.30. The minimum atomic E-state index is -0.259. The summed E-state index contributed by atoms with van der Waals surface area (Å²) in [6.07, 6.45) is 4.79. The number of anilines is 1. The van der Waals surface area contributed by atoms with Gasteiger partial charge < -0.3 is 10.3 Å². The van der Waals surface area contributed by atoms with Crippen LogP contribution in [-0.2, 0) is 17.6 Å². The first kappa shape index (κ1) is 19.2. The third-order valence-corrected chi connectivity index (χ3v) is 5.05. The van der Waals surface area contributed by atoms with Crippen LogP contribution in [0, 0.1) is 5.82 Å². The Kier molecular flexibility index (Phi) is 5.58. The summed E-state index contributed by atoms with van der Waals surface area (Å²) in [5.41, 5.74) is 4.74. The zero-order valence-corrected chi connectivity index (χ0v) is 16.3. The number of rotatable bonds is 6. The summed E-state index contributed by atoms with van der Waals surface area (Å²) >= 11 is 6.21. The lowest BCUT2D eigenvalue weighted by Crippen LogP contribution is -2.12. The molecule has 0 aliphatic carbocycles. The zero-order chi connectivity index (χ0) is 20.2. The summed E-state index contributed by atoms with van der Waals surface area (Å²) in [7, 11) is 0. The number of hydrogen-bond donors (Lipinski definition) is 2. The number of pyridine rings is 1. The first-order valence-corrected chi connectivity index (χ1v) is 9.69. The van der Waals surface area contributed by atoms with Crippen LogP contribution in [0.4, 0.5) is 10.1 Å². The Bertz CT molecular complexity index is 1140. The van der Waals surface area contributed by atoms with E-state index in [1.165, 1.54) is 12.1 Å². The molecule has 2 aromatic carbocycles. The van der Waals surface area contributed by atoms with E-state index in [1.54, 1.807) is 36.7 Å². The lowest BCUT2D eigenvalue weighted by atomic mass is 10.0. The predicted molar refractivity (Wildman–Crippen MR) is 114 cm³/mol. The maximum atomic E-state index is 13.2. The molecule has 0 saturated heterocycles. The molecular weight excluding hydrogens is 389 g/mol. The highest BCUT2D eigenvalue weighted by Gasteiger charge is 2.14. The number of aromatic amines is 1. The molecule has 6 heteroatoms. The van der Waals surface area contributed by atoms with Crippen LogP contribution in [0.2, 0.25) is 5.02 Å². The largest absolute Gasteiger partial charge is 0.358 e. The third kappa shape index (κ3) is 4.63. The molecule has 0 aliphatic heterocycles. The lowest BCUT2D eigenvalue weighted by molar-refractivity contribution is -0.116. The van der Waals surface area contributed by atoms with Crippen molar-refractivity contribution in [2.24, 2.45) is 0 Å². The van der Waals surface area contributed by atoms with Crippen molar-refractivity contribution in [3.8, 4) is 0 Å². The molecule has 4 aromatic rings. The number of carbonyl (C=O) groups excluding carboxylic acids is 1. The highest BCUT2D eigenvalue weighted by molar-refractivity contribution is 6.31. The average molecular weight is 408 g/mol. The van der Waals surface area contributed by atoms with Crippen LogP contribution in [-0.4, -0.2) is 15.9 Å². The number of aromatic nitrogens is 2. The van der Waals surface area contributed by atoms with Crippen LogP contribution >= 0.6 is 11.6 Å². The second kappa shape index (κ2) is 8.45. The fraction of sp³-hybridized carbons (Fsp3) is 0.130. The Labute approximate surface area is 172 Å². The van der Waals surface area contributed by atoms with Gasteiger partial charge >= 0.3 is 0 Å². The molecule has 2 aromatic heterocycles. The van der Waals surface area contributed by atoms with Crippen molar-refractivity contribution in [1.82, 2.24) is 9.97 Å². The number of aryl methyl sites for hydroxylation is 1. The van der Waals surface area contributed by atoms with Crippen molar-refractivity contribution in [2.75, 3.05) is 5.32 Å². The number of fused-ring (bicyclic) bond motifs is 1. The SMILES string of the molecule is O=C(CCc1c(Cc2ccc(F)cc2)[nH]c2ccc(Cl)cc12)Nc1ccncc1. The fourth-order valence-corrected chi connectivity index (χ4v) is 3.59. The maximum Gasteiger partial charge on any atom is 0.224 e. The molecule has 0 aliphatic rings. The second-order valence-electron chi connectivity index (χ2n) is 6.86. The number of hydrogen-bond acceptors (Lipinski definition) is 2. The average Bonchev–Trinajstić information content (AvgIpc) is 3.05. The van der Waals surface area contributed by atoms with Crippen molar-refractivity contribution >= 4 is 34.1 Å². The summed E-state index contributed by atoms with van der Waals surface area (Å²) in [5.74, 6) is -0.328. The Hall–Kier alpha value is -3.18. The normalized spacial score (nSPS) is 11.0. The summed E-state index contributed by atoms with van der Waals surface area (Å²) in [5, 5.41) is 4.53. The Balaban J connectivity index is 1.58. The molecule has 0 atom stereocenters. The molecule has 146 valence electrons. The van der Waals surface area contributed by atoms with E-state index in [1.807, 2.05) is 18.2 Å². The predicted octanol–water partition coefficient (Wildman–Crippen LogP) is 5.52. The number of nitrogens with zero attached hydrogens (tertiary/aromatic N) is 1. The van der Waals surface area contributed by atoms with E-state index in [-0.39, 0.29) is 11.7 Å². The van der Waals surface area contributed by atoms with Gasteiger partial charge in [0.15, 0.2) is 0 Å². The van der Waals surface area contributed by atoms with E-state index in [0.29, 0.717) is 24.3 Å². The molecule has 0 unspecified atom stereocenters. The highest BCUT2D eigenvalue weighted by atomic mass is 35.5. The molecule has 4 rings (SSSR count). The fourth-order valence-electron chi connectivity index (χ4n) is 3.42. The molecule has 29 heavy (non-hydrogen) atoms. The van der Waals surface area contributed by atoms with Gasteiger partial charge in [0.05, 0.1) is 0 Å². The first-order chi connectivity index (χ1) is 14.1. The molecule has 4 nitrogen and oxygen atoms in total. The minimum Gasteiger partial charge on any atom is -0.358 e. The van der Waals surface area contributed by atoms with Crippen molar-refractivity contribution < 1.29 is 9.18 Å². The number of halogens is 2. The van der Waals surface area contributed by atoms with Gasteiger partial charge in [0.2, 0.25) is 5.91 Å². The number of H-pyrrole nitrogens is 1. The summed E-state index contributed by atoms with van der Waals surface area (Å²) in [6, 6.07) is 15.6. The number of nitrogens with one attached hydrogen (secondary N) is 2. The Morgan fingerprint density at radius 2 is 1.83 bits per heavy atom. The van der Waals surface area contributed by atoms with Crippen molar-refractivity contribution in [3.05, 3.63) is 94.7 Å². The van der Waals surface area contributed by atoms with Crippen molar-refractivity contribution in [3.63, 3.8) is 0 Å². The van der Waals surface area contributed by atoms with Gasteiger partial charge in [0, 0.05) is 52.5 Å². The van der Waals surface area contributed by atoms with Gasteiger partial charge in [0.25, 0.3) is 0 Å². The number of benzene rings is 2. The van der Waals surface area contributed by atoms with Gasteiger partial charge in [-0.1, -0.05) is 23.7 Å². The monoisotopic (exact) mass is 407 g/mol. The summed E-state index contributed by atoms with van der Waals surface area (Å²) < 4.78 is 13.2. The van der Waals surface area contributed by atoms with Gasteiger partial charge in [0.1, 0.15) is 5.82 Å². The molecule has 0 radical (unpaired) electrons. The number of carbonyl (C=O) groups is 1. The number of amides is 1. The minimum absolute atomic E-state index is 0.0692. The molecule has 0 bridgehead atoms. The summed E-state index contributed by atoms with van der Waals surface area (Å²) in [4.78, 5) is 19.8. The molecule has 0 fully saturated rings. The molecule has 2 heterocycles. The van der Waals surface area contributed by atoms with Gasteiger partial charge in [-0.05, 0) is 60.0 Å². The molecule has 0 saturated carbocycles. The van der Waals surface area contributed by atoms with E-state index in [2.05, 4.69) is 15.3 Å².